The van der Waals surface area contributed by atoms with Crippen LogP contribution < -0.4 is 24.4 Å². The molecule has 0 fully saturated rings. The lowest BCUT2D eigenvalue weighted by molar-refractivity contribution is -0.127. The number of fused-ring (bicyclic) bond motifs is 1. The van der Waals surface area contributed by atoms with E-state index in [-0.39, 0.29) is 11.5 Å². The third-order valence-electron chi connectivity index (χ3n) is 6.35. The van der Waals surface area contributed by atoms with Crippen molar-refractivity contribution in [2.75, 3.05) is 26.3 Å². The molecular weight excluding hydrogens is 522 g/mol. The van der Waals surface area contributed by atoms with Gasteiger partial charge in [-0.3, -0.25) is 14.2 Å². The SMILES string of the molecule is CCOc1ccc(/C=c2/sc3n(c2=O)[C@H](c2ccc(Cl)cc2)C(C(=O)N(CC)CC)=C(C)N=3)cc1OCC. The summed E-state index contributed by atoms with van der Waals surface area (Å²) in [5.74, 6) is 1.15. The molecule has 4 rings (SSSR count). The lowest BCUT2D eigenvalue weighted by Crippen LogP contribution is -2.43. The highest BCUT2D eigenvalue weighted by Gasteiger charge is 2.34. The molecular formula is C29H32ClN3O4S. The van der Waals surface area contributed by atoms with Gasteiger partial charge in [0.05, 0.1) is 35.1 Å². The summed E-state index contributed by atoms with van der Waals surface area (Å²) in [7, 11) is 0. The number of ether oxygens (including phenoxy) is 2. The van der Waals surface area contributed by atoms with Gasteiger partial charge in [-0.1, -0.05) is 41.1 Å². The summed E-state index contributed by atoms with van der Waals surface area (Å²) in [5, 5.41) is 0.582. The maximum absolute atomic E-state index is 13.9. The number of aromatic nitrogens is 1. The summed E-state index contributed by atoms with van der Waals surface area (Å²) < 4.78 is 13.6. The Hall–Kier alpha value is -3.36. The van der Waals surface area contributed by atoms with E-state index >= 15 is 0 Å². The average molecular weight is 554 g/mol. The first-order valence-corrected chi connectivity index (χ1v) is 14.0. The second-order valence-electron chi connectivity index (χ2n) is 8.68. The summed E-state index contributed by atoms with van der Waals surface area (Å²) in [6.07, 6.45) is 1.83. The predicted molar refractivity (Wildman–Crippen MR) is 152 cm³/mol. The minimum absolute atomic E-state index is 0.127. The van der Waals surface area contributed by atoms with Crippen molar-refractivity contribution in [1.82, 2.24) is 9.47 Å². The van der Waals surface area contributed by atoms with Gasteiger partial charge in [-0.15, -0.1) is 0 Å². The molecule has 1 atom stereocenters. The van der Waals surface area contributed by atoms with Crippen LogP contribution in [0.15, 0.2) is 63.5 Å². The van der Waals surface area contributed by atoms with Gasteiger partial charge in [-0.2, -0.15) is 0 Å². The molecule has 2 aromatic carbocycles. The Kier molecular flexibility index (Phi) is 8.74. The third kappa shape index (κ3) is 5.42. The molecule has 1 aliphatic heterocycles. The van der Waals surface area contributed by atoms with E-state index in [1.165, 1.54) is 11.3 Å². The molecule has 0 radical (unpaired) electrons. The van der Waals surface area contributed by atoms with Crippen LogP contribution >= 0.6 is 22.9 Å². The average Bonchev–Trinajstić information content (AvgIpc) is 3.20. The molecule has 38 heavy (non-hydrogen) atoms. The summed E-state index contributed by atoms with van der Waals surface area (Å²) >= 11 is 7.47. The number of amides is 1. The topological polar surface area (TPSA) is 73.1 Å². The highest BCUT2D eigenvalue weighted by Crippen LogP contribution is 2.32. The molecule has 1 aromatic heterocycles. The van der Waals surface area contributed by atoms with E-state index in [9.17, 15) is 9.59 Å². The number of hydrogen-bond acceptors (Lipinski definition) is 6. The van der Waals surface area contributed by atoms with Gasteiger partial charge in [0.2, 0.25) is 0 Å². The maximum Gasteiger partial charge on any atom is 0.271 e. The number of likely N-dealkylation sites (N-methyl/N-ethyl adjacent to an activating group) is 1. The van der Waals surface area contributed by atoms with Crippen LogP contribution in [-0.2, 0) is 4.79 Å². The van der Waals surface area contributed by atoms with Gasteiger partial charge in [0, 0.05) is 18.1 Å². The minimum atomic E-state index is -0.613. The van der Waals surface area contributed by atoms with Crippen molar-refractivity contribution in [3.63, 3.8) is 0 Å². The molecule has 3 aromatic rings. The Bertz CT molecular complexity index is 1540. The molecule has 0 saturated heterocycles. The smallest absolute Gasteiger partial charge is 0.271 e. The molecule has 1 amide bonds. The highest BCUT2D eigenvalue weighted by atomic mass is 35.5. The van der Waals surface area contributed by atoms with Crippen molar-refractivity contribution in [2.24, 2.45) is 4.99 Å². The number of allylic oxidation sites excluding steroid dienone is 1. The van der Waals surface area contributed by atoms with Crippen molar-refractivity contribution < 1.29 is 14.3 Å². The summed E-state index contributed by atoms with van der Waals surface area (Å²) in [4.78, 5) is 34.6. The number of benzene rings is 2. The van der Waals surface area contributed by atoms with E-state index in [2.05, 4.69) is 0 Å². The van der Waals surface area contributed by atoms with E-state index < -0.39 is 6.04 Å². The molecule has 0 N–H and O–H groups in total. The van der Waals surface area contributed by atoms with E-state index in [1.54, 1.807) is 21.6 Å². The van der Waals surface area contributed by atoms with Gasteiger partial charge >= 0.3 is 0 Å². The van der Waals surface area contributed by atoms with Crippen LogP contribution in [0, 0.1) is 0 Å². The van der Waals surface area contributed by atoms with E-state index in [1.807, 2.05) is 71.0 Å². The first-order chi connectivity index (χ1) is 18.3. The first-order valence-electron chi connectivity index (χ1n) is 12.8. The zero-order valence-corrected chi connectivity index (χ0v) is 23.9. The number of halogens is 1. The van der Waals surface area contributed by atoms with Crippen LogP contribution in [0.5, 0.6) is 11.5 Å². The van der Waals surface area contributed by atoms with Crippen molar-refractivity contribution in [3.05, 3.63) is 89.6 Å². The lowest BCUT2D eigenvalue weighted by Gasteiger charge is -2.29. The number of nitrogens with zero attached hydrogens (tertiary/aromatic N) is 3. The molecule has 0 unspecified atom stereocenters. The Morgan fingerprint density at radius 1 is 1.05 bits per heavy atom. The molecule has 1 aliphatic rings. The second-order valence-corrected chi connectivity index (χ2v) is 10.1. The van der Waals surface area contributed by atoms with Gasteiger partial charge in [-0.25, -0.2) is 4.99 Å². The summed E-state index contributed by atoms with van der Waals surface area (Å²) in [6, 6.07) is 12.3. The number of hydrogen-bond donors (Lipinski definition) is 0. The maximum atomic E-state index is 13.9. The van der Waals surface area contributed by atoms with Crippen molar-refractivity contribution in [3.8, 4) is 11.5 Å². The van der Waals surface area contributed by atoms with Gasteiger partial charge in [-0.05, 0) is 76.1 Å². The highest BCUT2D eigenvalue weighted by molar-refractivity contribution is 7.07. The van der Waals surface area contributed by atoms with Crippen molar-refractivity contribution >= 4 is 34.9 Å². The third-order valence-corrected chi connectivity index (χ3v) is 7.59. The van der Waals surface area contributed by atoms with Gasteiger partial charge in [0.15, 0.2) is 16.3 Å². The first kappa shape index (κ1) is 27.7. The van der Waals surface area contributed by atoms with Crippen LogP contribution in [0.1, 0.15) is 51.8 Å². The van der Waals surface area contributed by atoms with Crippen LogP contribution in [-0.4, -0.2) is 41.7 Å². The van der Waals surface area contributed by atoms with Crippen LogP contribution in [0.4, 0.5) is 0 Å². The fourth-order valence-electron chi connectivity index (χ4n) is 4.55. The molecule has 0 spiro atoms. The van der Waals surface area contributed by atoms with Crippen LogP contribution in [0.2, 0.25) is 5.02 Å². The zero-order chi connectivity index (χ0) is 27.4. The van der Waals surface area contributed by atoms with Crippen molar-refractivity contribution in [1.29, 1.82) is 0 Å². The fraction of sp³-hybridized carbons (Fsp3) is 0.345. The predicted octanol–water partition coefficient (Wildman–Crippen LogP) is 4.55. The monoisotopic (exact) mass is 553 g/mol. The normalized spacial score (nSPS) is 15.2. The number of carbonyl (C=O) groups is 1. The molecule has 2 heterocycles. The van der Waals surface area contributed by atoms with Gasteiger partial charge in [0.1, 0.15) is 0 Å². The fourth-order valence-corrected chi connectivity index (χ4v) is 5.72. The quantitative estimate of drug-likeness (QED) is 0.389. The molecule has 7 nitrogen and oxygen atoms in total. The molecule has 0 aliphatic carbocycles. The Labute approximate surface area is 231 Å². The van der Waals surface area contributed by atoms with Crippen molar-refractivity contribution in [2.45, 2.75) is 40.7 Å². The zero-order valence-electron chi connectivity index (χ0n) is 22.3. The Morgan fingerprint density at radius 2 is 1.71 bits per heavy atom. The largest absolute Gasteiger partial charge is 0.490 e. The summed E-state index contributed by atoms with van der Waals surface area (Å²) in [5.41, 5.74) is 2.49. The van der Waals surface area contributed by atoms with Gasteiger partial charge < -0.3 is 14.4 Å². The van der Waals surface area contributed by atoms with Crippen LogP contribution in [0.25, 0.3) is 6.08 Å². The minimum Gasteiger partial charge on any atom is -0.490 e. The summed E-state index contributed by atoms with van der Waals surface area (Å²) in [6.45, 7) is 11.7. The second kappa shape index (κ2) is 12.0. The number of thiazole rings is 1. The van der Waals surface area contributed by atoms with E-state index in [4.69, 9.17) is 26.1 Å². The van der Waals surface area contributed by atoms with Crippen LogP contribution in [0.3, 0.4) is 0 Å². The molecule has 9 heteroatoms. The molecule has 0 saturated carbocycles. The number of rotatable bonds is 9. The van der Waals surface area contributed by atoms with E-state index in [0.717, 1.165) is 11.1 Å². The number of carbonyl (C=O) groups excluding carboxylic acids is 1. The van der Waals surface area contributed by atoms with E-state index in [0.29, 0.717) is 63.4 Å². The Morgan fingerprint density at radius 3 is 2.34 bits per heavy atom. The molecule has 200 valence electrons. The lowest BCUT2D eigenvalue weighted by atomic mass is 9.94. The molecule has 0 bridgehead atoms. The Balaban J connectivity index is 1.90. The van der Waals surface area contributed by atoms with Gasteiger partial charge in [0.25, 0.3) is 11.5 Å². The standard InChI is InChI=1S/C29H32ClN3O4S/c1-6-32(7-2)28(35)25-18(5)31-29-33(26(25)20-11-13-21(30)14-12-20)27(34)24(38-29)17-19-10-15-22(36-8-3)23(16-19)37-9-4/h10-17,26H,6-9H2,1-5H3/b24-17+/t26-/m1/s1.